The van der Waals surface area contributed by atoms with Crippen molar-refractivity contribution < 1.29 is 0 Å². The average molecular weight is 275 g/mol. The summed E-state index contributed by atoms with van der Waals surface area (Å²) in [6, 6.07) is 4.38. The van der Waals surface area contributed by atoms with Crippen molar-refractivity contribution in [2.24, 2.45) is 5.92 Å². The smallest absolute Gasteiger partial charge is 0.0544 e. The van der Waals surface area contributed by atoms with E-state index in [9.17, 15) is 0 Å². The maximum atomic E-state index is 4.59. The van der Waals surface area contributed by atoms with Crippen LogP contribution in [0, 0.1) is 5.92 Å². The number of aromatic nitrogens is 1. The largest absolute Gasteiger partial charge is 0.313 e. The van der Waals surface area contributed by atoms with Crippen molar-refractivity contribution >= 4 is 0 Å². The summed E-state index contributed by atoms with van der Waals surface area (Å²) in [5.41, 5.74) is 2.46. The fraction of sp³-hybridized carbons (Fsp3) is 0.706. The molecule has 1 saturated carbocycles. The van der Waals surface area contributed by atoms with Crippen molar-refractivity contribution in [3.63, 3.8) is 0 Å². The second-order valence-corrected chi connectivity index (χ2v) is 6.18. The van der Waals surface area contributed by atoms with E-state index in [2.05, 4.69) is 41.3 Å². The van der Waals surface area contributed by atoms with Gasteiger partial charge >= 0.3 is 0 Å². The molecule has 0 aromatic carbocycles. The van der Waals surface area contributed by atoms with Crippen LogP contribution in [0.5, 0.6) is 0 Å². The number of nitrogens with one attached hydrogen (secondary N) is 1. The number of hydrogen-bond acceptors (Lipinski definition) is 3. The fourth-order valence-electron chi connectivity index (χ4n) is 3.04. The number of nitrogens with zero attached hydrogens (tertiary/aromatic N) is 2. The molecule has 112 valence electrons. The quantitative estimate of drug-likeness (QED) is 0.738. The lowest BCUT2D eigenvalue weighted by molar-refractivity contribution is 0.268. The lowest BCUT2D eigenvalue weighted by atomic mass is 10.1. The highest BCUT2D eigenvalue weighted by molar-refractivity contribution is 5.13. The van der Waals surface area contributed by atoms with Crippen molar-refractivity contribution in [3.8, 4) is 0 Å². The second-order valence-electron chi connectivity index (χ2n) is 6.18. The monoisotopic (exact) mass is 275 g/mol. The third-order valence-electron chi connectivity index (χ3n) is 4.12. The van der Waals surface area contributed by atoms with Crippen molar-refractivity contribution in [2.75, 3.05) is 20.1 Å². The minimum absolute atomic E-state index is 0.914. The van der Waals surface area contributed by atoms with Crippen LogP contribution in [0.15, 0.2) is 18.3 Å². The number of hydrogen-bond donors (Lipinski definition) is 1. The van der Waals surface area contributed by atoms with Gasteiger partial charge in [-0.2, -0.15) is 0 Å². The molecule has 0 bridgehead atoms. The van der Waals surface area contributed by atoms with Crippen molar-refractivity contribution in [2.45, 2.75) is 52.1 Å². The Balaban J connectivity index is 1.74. The van der Waals surface area contributed by atoms with E-state index >= 15 is 0 Å². The Morgan fingerprint density at radius 3 is 2.75 bits per heavy atom. The summed E-state index contributed by atoms with van der Waals surface area (Å²) in [4.78, 5) is 7.01. The van der Waals surface area contributed by atoms with Crippen LogP contribution >= 0.6 is 0 Å². The van der Waals surface area contributed by atoms with Gasteiger partial charge in [0, 0.05) is 25.8 Å². The summed E-state index contributed by atoms with van der Waals surface area (Å²) in [5.74, 6) is 0.914. The van der Waals surface area contributed by atoms with E-state index in [-0.39, 0.29) is 0 Å². The van der Waals surface area contributed by atoms with Gasteiger partial charge in [-0.05, 0) is 50.4 Å². The lowest BCUT2D eigenvalue weighted by Crippen LogP contribution is -2.24. The molecule has 1 aromatic heterocycles. The predicted molar refractivity (Wildman–Crippen MR) is 84.5 cm³/mol. The molecule has 0 atom stereocenters. The van der Waals surface area contributed by atoms with Gasteiger partial charge in [-0.1, -0.05) is 25.8 Å². The van der Waals surface area contributed by atoms with Gasteiger partial charge in [-0.25, -0.2) is 0 Å². The Morgan fingerprint density at radius 2 is 2.10 bits per heavy atom. The third-order valence-corrected chi connectivity index (χ3v) is 4.12. The highest BCUT2D eigenvalue weighted by atomic mass is 15.1. The SMILES string of the molecule is CCCNCc1ccc(CN(C)CC2CCCC2)nc1. The molecule has 1 heterocycles. The van der Waals surface area contributed by atoms with Gasteiger partial charge in [-0.3, -0.25) is 4.98 Å². The molecular formula is C17H29N3. The van der Waals surface area contributed by atoms with Gasteiger partial charge in [-0.15, -0.1) is 0 Å². The molecule has 3 nitrogen and oxygen atoms in total. The summed E-state index contributed by atoms with van der Waals surface area (Å²) in [7, 11) is 2.22. The second kappa shape index (κ2) is 8.38. The van der Waals surface area contributed by atoms with Crippen LogP contribution in [0.25, 0.3) is 0 Å². The van der Waals surface area contributed by atoms with E-state index in [1.165, 1.54) is 49.9 Å². The molecule has 3 heteroatoms. The maximum Gasteiger partial charge on any atom is 0.0544 e. The molecule has 0 spiro atoms. The Labute approximate surface area is 123 Å². The first kappa shape index (κ1) is 15.5. The first-order valence-electron chi connectivity index (χ1n) is 8.11. The Hall–Kier alpha value is -0.930. The minimum Gasteiger partial charge on any atom is -0.313 e. The lowest BCUT2D eigenvalue weighted by Gasteiger charge is -2.20. The van der Waals surface area contributed by atoms with E-state index < -0.39 is 0 Å². The van der Waals surface area contributed by atoms with Crippen LogP contribution in [-0.4, -0.2) is 30.0 Å². The maximum absolute atomic E-state index is 4.59. The summed E-state index contributed by atoms with van der Waals surface area (Å²) < 4.78 is 0. The number of pyridine rings is 1. The van der Waals surface area contributed by atoms with Gasteiger partial charge < -0.3 is 10.2 Å². The topological polar surface area (TPSA) is 28.2 Å². The Bertz CT molecular complexity index is 368. The predicted octanol–water partition coefficient (Wildman–Crippen LogP) is 3.20. The van der Waals surface area contributed by atoms with E-state index in [1.54, 1.807) is 0 Å². The van der Waals surface area contributed by atoms with Crippen LogP contribution in [0.1, 0.15) is 50.3 Å². The molecule has 0 amide bonds. The molecule has 2 rings (SSSR count). The zero-order valence-corrected chi connectivity index (χ0v) is 13.1. The van der Waals surface area contributed by atoms with Crippen molar-refractivity contribution in [1.82, 2.24) is 15.2 Å². The molecule has 1 aliphatic rings. The highest BCUT2D eigenvalue weighted by Gasteiger charge is 2.16. The minimum atomic E-state index is 0.914. The van der Waals surface area contributed by atoms with Gasteiger partial charge in [0.25, 0.3) is 0 Å². The van der Waals surface area contributed by atoms with E-state index in [0.717, 1.165) is 25.6 Å². The first-order valence-corrected chi connectivity index (χ1v) is 8.11. The van der Waals surface area contributed by atoms with E-state index in [1.807, 2.05) is 6.20 Å². The zero-order chi connectivity index (χ0) is 14.2. The molecule has 1 N–H and O–H groups in total. The zero-order valence-electron chi connectivity index (χ0n) is 13.1. The van der Waals surface area contributed by atoms with Gasteiger partial charge in [0.05, 0.1) is 5.69 Å². The first-order chi connectivity index (χ1) is 9.78. The molecule has 0 aliphatic heterocycles. The normalized spacial score (nSPS) is 16.1. The Kier molecular flexibility index (Phi) is 6.48. The molecule has 0 saturated heterocycles. The molecule has 1 aromatic rings. The average Bonchev–Trinajstić information content (AvgIpc) is 2.94. The van der Waals surface area contributed by atoms with E-state index in [4.69, 9.17) is 0 Å². The van der Waals surface area contributed by atoms with Crippen LogP contribution in [0.2, 0.25) is 0 Å². The summed E-state index contributed by atoms with van der Waals surface area (Å²) in [5, 5.41) is 3.41. The standard InChI is InChI=1S/C17H29N3/c1-3-10-18-11-16-8-9-17(19-12-16)14-20(2)13-15-6-4-5-7-15/h8-9,12,15,18H,3-7,10-11,13-14H2,1-2H3. The fourth-order valence-corrected chi connectivity index (χ4v) is 3.04. The third kappa shape index (κ3) is 5.22. The molecule has 1 fully saturated rings. The summed E-state index contributed by atoms with van der Waals surface area (Å²) >= 11 is 0. The van der Waals surface area contributed by atoms with Crippen LogP contribution in [-0.2, 0) is 13.1 Å². The summed E-state index contributed by atoms with van der Waals surface area (Å²) in [6.07, 6.45) is 8.88. The van der Waals surface area contributed by atoms with Gasteiger partial charge in [0.2, 0.25) is 0 Å². The van der Waals surface area contributed by atoms with Crippen LogP contribution in [0.4, 0.5) is 0 Å². The van der Waals surface area contributed by atoms with Crippen molar-refractivity contribution in [3.05, 3.63) is 29.6 Å². The summed E-state index contributed by atoms with van der Waals surface area (Å²) in [6.45, 7) is 6.39. The molecule has 1 aliphatic carbocycles. The van der Waals surface area contributed by atoms with Crippen molar-refractivity contribution in [1.29, 1.82) is 0 Å². The highest BCUT2D eigenvalue weighted by Crippen LogP contribution is 2.25. The number of rotatable bonds is 8. The van der Waals surface area contributed by atoms with E-state index in [0.29, 0.717) is 0 Å². The molecular weight excluding hydrogens is 246 g/mol. The molecule has 20 heavy (non-hydrogen) atoms. The van der Waals surface area contributed by atoms with Crippen LogP contribution < -0.4 is 5.32 Å². The van der Waals surface area contributed by atoms with Crippen LogP contribution in [0.3, 0.4) is 0 Å². The van der Waals surface area contributed by atoms with Gasteiger partial charge in [0.15, 0.2) is 0 Å². The van der Waals surface area contributed by atoms with Gasteiger partial charge in [0.1, 0.15) is 0 Å². The molecule has 0 unspecified atom stereocenters. The Morgan fingerprint density at radius 1 is 1.30 bits per heavy atom. The molecule has 0 radical (unpaired) electrons.